The van der Waals surface area contributed by atoms with Crippen LogP contribution in [-0.4, -0.2) is 14.3 Å². The third-order valence-electron chi connectivity index (χ3n) is 3.58. The molecule has 5 nitrogen and oxygen atoms in total. The lowest BCUT2D eigenvalue weighted by Crippen LogP contribution is -2.19. The van der Waals surface area contributed by atoms with Crippen LogP contribution in [-0.2, 0) is 21.2 Å². The average Bonchev–Trinajstić information content (AvgIpc) is 2.47. The molecule has 2 aromatic rings. The van der Waals surface area contributed by atoms with Gasteiger partial charge in [-0.1, -0.05) is 17.7 Å². The molecule has 3 rings (SSSR count). The Hall–Kier alpha value is -2.34. The van der Waals surface area contributed by atoms with Crippen LogP contribution >= 0.6 is 0 Å². The van der Waals surface area contributed by atoms with Crippen LogP contribution in [0.5, 0.6) is 0 Å². The highest BCUT2D eigenvalue weighted by atomic mass is 32.2. The Morgan fingerprint density at radius 2 is 1.77 bits per heavy atom. The summed E-state index contributed by atoms with van der Waals surface area (Å²) < 4.78 is 27.3. The number of amides is 1. The molecular weight excluding hydrogens is 300 g/mol. The quantitative estimate of drug-likeness (QED) is 0.914. The molecule has 22 heavy (non-hydrogen) atoms. The number of anilines is 2. The standard InChI is InChI=1S/C16H16N2O3S/c1-11-2-6-14(7-3-11)22(20,21)18-13-5-8-15-12(10-13)4-9-16(19)17-15/h2-3,5-8,10,18H,4,9H2,1H3,(H,17,19). The summed E-state index contributed by atoms with van der Waals surface area (Å²) in [5, 5.41) is 2.77. The summed E-state index contributed by atoms with van der Waals surface area (Å²) in [6.45, 7) is 1.90. The van der Waals surface area contributed by atoms with Crippen molar-refractivity contribution in [2.24, 2.45) is 0 Å². The highest BCUT2D eigenvalue weighted by molar-refractivity contribution is 7.92. The summed E-state index contributed by atoms with van der Waals surface area (Å²) in [6.07, 6.45) is 1.03. The number of hydrogen-bond acceptors (Lipinski definition) is 3. The summed E-state index contributed by atoms with van der Waals surface area (Å²) in [4.78, 5) is 11.6. The molecule has 0 bridgehead atoms. The van der Waals surface area contributed by atoms with Gasteiger partial charge in [0.15, 0.2) is 0 Å². The maximum Gasteiger partial charge on any atom is 0.261 e. The molecule has 0 atom stereocenters. The zero-order chi connectivity index (χ0) is 15.7. The Bertz CT molecular complexity index is 827. The zero-order valence-electron chi connectivity index (χ0n) is 12.1. The minimum Gasteiger partial charge on any atom is -0.326 e. The van der Waals surface area contributed by atoms with Crippen molar-refractivity contribution >= 4 is 27.3 Å². The number of rotatable bonds is 3. The van der Waals surface area contributed by atoms with E-state index in [1.807, 2.05) is 6.92 Å². The van der Waals surface area contributed by atoms with Crippen LogP contribution in [0.15, 0.2) is 47.4 Å². The lowest BCUT2D eigenvalue weighted by molar-refractivity contribution is -0.116. The van der Waals surface area contributed by atoms with Gasteiger partial charge in [-0.2, -0.15) is 0 Å². The second-order valence-corrected chi connectivity index (χ2v) is 7.02. The molecule has 0 spiro atoms. The second kappa shape index (κ2) is 5.46. The highest BCUT2D eigenvalue weighted by Gasteiger charge is 2.17. The third kappa shape index (κ3) is 2.96. The third-order valence-corrected chi connectivity index (χ3v) is 4.98. The normalized spacial score (nSPS) is 14.1. The molecule has 114 valence electrons. The molecule has 0 unspecified atom stereocenters. The number of carbonyl (C=O) groups excluding carboxylic acids is 1. The lowest BCUT2D eigenvalue weighted by Gasteiger charge is -2.18. The molecule has 0 aromatic heterocycles. The van der Waals surface area contributed by atoms with E-state index in [9.17, 15) is 13.2 Å². The number of sulfonamides is 1. The molecule has 0 radical (unpaired) electrons. The van der Waals surface area contributed by atoms with E-state index in [-0.39, 0.29) is 10.8 Å². The fraction of sp³-hybridized carbons (Fsp3) is 0.188. The van der Waals surface area contributed by atoms with Gasteiger partial charge in [0.05, 0.1) is 4.90 Å². The van der Waals surface area contributed by atoms with E-state index in [0.29, 0.717) is 18.5 Å². The van der Waals surface area contributed by atoms with Gasteiger partial charge >= 0.3 is 0 Å². The number of benzene rings is 2. The molecule has 0 saturated carbocycles. The van der Waals surface area contributed by atoms with Crippen LogP contribution in [0, 0.1) is 6.92 Å². The first-order chi connectivity index (χ1) is 10.4. The molecule has 2 N–H and O–H groups in total. The number of hydrogen-bond donors (Lipinski definition) is 2. The Morgan fingerprint density at radius 3 is 2.50 bits per heavy atom. The molecule has 1 heterocycles. The summed E-state index contributed by atoms with van der Waals surface area (Å²) in [7, 11) is -3.60. The van der Waals surface area contributed by atoms with Gasteiger partial charge in [-0.05, 0) is 49.2 Å². The largest absolute Gasteiger partial charge is 0.326 e. The maximum atomic E-state index is 12.4. The molecule has 6 heteroatoms. The Balaban J connectivity index is 1.86. The van der Waals surface area contributed by atoms with Crippen LogP contribution in [0.4, 0.5) is 11.4 Å². The number of carbonyl (C=O) groups is 1. The predicted octanol–water partition coefficient (Wildman–Crippen LogP) is 2.68. The SMILES string of the molecule is Cc1ccc(S(=O)(=O)Nc2ccc3c(c2)CCC(=O)N3)cc1. The smallest absolute Gasteiger partial charge is 0.261 e. The first-order valence-electron chi connectivity index (χ1n) is 6.96. The summed E-state index contributed by atoms with van der Waals surface area (Å²) in [5.41, 5.74) is 3.18. The van der Waals surface area contributed by atoms with Crippen molar-refractivity contribution < 1.29 is 13.2 Å². The van der Waals surface area contributed by atoms with E-state index in [1.165, 1.54) is 0 Å². The predicted molar refractivity (Wildman–Crippen MR) is 85.4 cm³/mol. The van der Waals surface area contributed by atoms with E-state index in [0.717, 1.165) is 16.8 Å². The van der Waals surface area contributed by atoms with Gasteiger partial charge in [0, 0.05) is 17.8 Å². The highest BCUT2D eigenvalue weighted by Crippen LogP contribution is 2.27. The molecule has 0 saturated heterocycles. The average molecular weight is 316 g/mol. The monoisotopic (exact) mass is 316 g/mol. The van der Waals surface area contributed by atoms with Crippen LogP contribution in [0.25, 0.3) is 0 Å². The Labute approximate surface area is 129 Å². The van der Waals surface area contributed by atoms with Gasteiger partial charge in [-0.15, -0.1) is 0 Å². The molecule has 1 aliphatic heterocycles. The van der Waals surface area contributed by atoms with E-state index in [4.69, 9.17) is 0 Å². The molecule has 1 amide bonds. The van der Waals surface area contributed by atoms with E-state index in [2.05, 4.69) is 10.0 Å². The molecule has 2 aromatic carbocycles. The minimum absolute atomic E-state index is 0.0134. The van der Waals surface area contributed by atoms with E-state index in [1.54, 1.807) is 42.5 Å². The van der Waals surface area contributed by atoms with Crippen molar-refractivity contribution in [3.63, 3.8) is 0 Å². The van der Waals surface area contributed by atoms with Crippen molar-refractivity contribution in [1.82, 2.24) is 0 Å². The van der Waals surface area contributed by atoms with Gasteiger partial charge in [0.2, 0.25) is 5.91 Å². The van der Waals surface area contributed by atoms with Gasteiger partial charge in [0.1, 0.15) is 0 Å². The number of fused-ring (bicyclic) bond motifs is 1. The second-order valence-electron chi connectivity index (χ2n) is 5.34. The van der Waals surface area contributed by atoms with E-state index < -0.39 is 10.0 Å². The summed E-state index contributed by atoms with van der Waals surface area (Å²) in [5.74, 6) is -0.0134. The fourth-order valence-corrected chi connectivity index (χ4v) is 3.43. The zero-order valence-corrected chi connectivity index (χ0v) is 12.9. The number of nitrogens with one attached hydrogen (secondary N) is 2. The fourth-order valence-electron chi connectivity index (χ4n) is 2.38. The topological polar surface area (TPSA) is 75.3 Å². The first-order valence-corrected chi connectivity index (χ1v) is 8.45. The Kier molecular flexibility index (Phi) is 3.62. The van der Waals surface area contributed by atoms with Crippen LogP contribution < -0.4 is 10.0 Å². The first kappa shape index (κ1) is 14.6. The molecule has 1 aliphatic rings. The summed E-state index contributed by atoms with van der Waals surface area (Å²) >= 11 is 0. The van der Waals surface area contributed by atoms with Crippen molar-refractivity contribution in [1.29, 1.82) is 0 Å². The van der Waals surface area contributed by atoms with Crippen molar-refractivity contribution in [3.8, 4) is 0 Å². The van der Waals surface area contributed by atoms with Crippen LogP contribution in [0.3, 0.4) is 0 Å². The minimum atomic E-state index is -3.60. The molecule has 0 aliphatic carbocycles. The number of aryl methyl sites for hydroxylation is 2. The van der Waals surface area contributed by atoms with Crippen molar-refractivity contribution in [2.75, 3.05) is 10.0 Å². The molecule has 0 fully saturated rings. The van der Waals surface area contributed by atoms with Crippen molar-refractivity contribution in [2.45, 2.75) is 24.7 Å². The lowest BCUT2D eigenvalue weighted by atomic mass is 10.0. The summed E-state index contributed by atoms with van der Waals surface area (Å²) in [6, 6.07) is 11.8. The van der Waals surface area contributed by atoms with Gasteiger partial charge in [0.25, 0.3) is 10.0 Å². The van der Waals surface area contributed by atoms with Gasteiger partial charge in [-0.25, -0.2) is 8.42 Å². The van der Waals surface area contributed by atoms with Crippen LogP contribution in [0.2, 0.25) is 0 Å². The van der Waals surface area contributed by atoms with Gasteiger partial charge in [-0.3, -0.25) is 9.52 Å². The van der Waals surface area contributed by atoms with Gasteiger partial charge < -0.3 is 5.32 Å². The van der Waals surface area contributed by atoms with Crippen LogP contribution in [0.1, 0.15) is 17.5 Å². The van der Waals surface area contributed by atoms with Crippen molar-refractivity contribution in [3.05, 3.63) is 53.6 Å². The maximum absolute atomic E-state index is 12.4. The van der Waals surface area contributed by atoms with E-state index >= 15 is 0 Å². The Morgan fingerprint density at radius 1 is 1.05 bits per heavy atom. The molecular formula is C16H16N2O3S.